The molecule has 0 N–H and O–H groups in total. The molecule has 5 nitrogen and oxygen atoms in total. The number of hydrogen-bond acceptors (Lipinski definition) is 5. The Hall–Kier alpha value is -2.49. The van der Waals surface area contributed by atoms with Crippen molar-refractivity contribution < 1.29 is 13.9 Å². The first-order valence-electron chi connectivity index (χ1n) is 7.58. The fourth-order valence-corrected chi connectivity index (χ4v) is 3.09. The zero-order valence-electron chi connectivity index (χ0n) is 13.0. The third-order valence-electron chi connectivity index (χ3n) is 3.50. The first kappa shape index (κ1) is 16.4. The van der Waals surface area contributed by atoms with Gasteiger partial charge in [-0.1, -0.05) is 30.0 Å². The van der Waals surface area contributed by atoms with Gasteiger partial charge in [-0.05, 0) is 24.3 Å². The number of rotatable bonds is 4. The van der Waals surface area contributed by atoms with Crippen LogP contribution in [-0.4, -0.2) is 37.1 Å². The summed E-state index contributed by atoms with van der Waals surface area (Å²) >= 11 is 1.49. The first-order valence-corrected chi connectivity index (χ1v) is 8.39. The lowest BCUT2D eigenvalue weighted by molar-refractivity contribution is -0.130. The third-order valence-corrected chi connectivity index (χ3v) is 4.43. The van der Waals surface area contributed by atoms with E-state index in [1.165, 1.54) is 17.8 Å². The van der Waals surface area contributed by atoms with E-state index in [1.807, 2.05) is 42.5 Å². The number of ether oxygens (including phenoxy) is 1. The lowest BCUT2D eigenvalue weighted by Gasteiger charge is -2.26. The number of nitrogens with zero attached hydrogens (tertiary/aromatic N) is 2. The summed E-state index contributed by atoms with van der Waals surface area (Å²) in [6.07, 6.45) is 1.49. The van der Waals surface area contributed by atoms with Gasteiger partial charge in [0.15, 0.2) is 5.09 Å². The van der Waals surface area contributed by atoms with E-state index < -0.39 is 0 Å². The molecule has 0 saturated carbocycles. The summed E-state index contributed by atoms with van der Waals surface area (Å²) in [5, 5.41) is 10.00. The summed E-state index contributed by atoms with van der Waals surface area (Å²) in [5.41, 5.74) is 0.0718. The van der Waals surface area contributed by atoms with Gasteiger partial charge in [0, 0.05) is 24.1 Å². The Bertz CT molecular complexity index is 771. The average Bonchev–Trinajstić information content (AvgIpc) is 3.07. The van der Waals surface area contributed by atoms with Crippen molar-refractivity contribution in [1.82, 2.24) is 4.90 Å². The number of amides is 1. The molecule has 24 heavy (non-hydrogen) atoms. The minimum atomic E-state index is -0.283. The predicted molar refractivity (Wildman–Crippen MR) is 90.3 cm³/mol. The van der Waals surface area contributed by atoms with Crippen molar-refractivity contribution in [3.05, 3.63) is 53.8 Å². The van der Waals surface area contributed by atoms with Gasteiger partial charge in [-0.25, -0.2) is 0 Å². The maximum absolute atomic E-state index is 12.4. The van der Waals surface area contributed by atoms with Gasteiger partial charge in [0.1, 0.15) is 17.4 Å². The van der Waals surface area contributed by atoms with Crippen LogP contribution in [0, 0.1) is 11.3 Å². The van der Waals surface area contributed by atoms with Crippen molar-refractivity contribution in [2.24, 2.45) is 0 Å². The summed E-state index contributed by atoms with van der Waals surface area (Å²) in [6, 6.07) is 15.4. The van der Waals surface area contributed by atoms with Gasteiger partial charge in [-0.3, -0.25) is 4.79 Å². The van der Waals surface area contributed by atoms with E-state index in [2.05, 4.69) is 0 Å². The zero-order valence-corrected chi connectivity index (χ0v) is 13.8. The molecule has 2 aromatic rings. The Morgan fingerprint density at radius 1 is 1.17 bits per heavy atom. The van der Waals surface area contributed by atoms with Crippen LogP contribution >= 0.6 is 11.8 Å². The molecule has 3 rings (SSSR count). The Morgan fingerprint density at radius 2 is 1.92 bits per heavy atom. The molecule has 2 heterocycles. The van der Waals surface area contributed by atoms with Gasteiger partial charge in [-0.15, -0.1) is 0 Å². The highest BCUT2D eigenvalue weighted by Crippen LogP contribution is 2.29. The van der Waals surface area contributed by atoms with E-state index in [0.717, 1.165) is 4.90 Å². The third kappa shape index (κ3) is 4.07. The van der Waals surface area contributed by atoms with Crippen LogP contribution in [0.5, 0.6) is 0 Å². The molecule has 122 valence electrons. The van der Waals surface area contributed by atoms with Crippen LogP contribution in [0.15, 0.2) is 62.4 Å². The van der Waals surface area contributed by atoms with Gasteiger partial charge in [-0.2, -0.15) is 5.26 Å². The maximum Gasteiger partial charge on any atom is 0.264 e. The molecule has 0 unspecified atom stereocenters. The van der Waals surface area contributed by atoms with Gasteiger partial charge < -0.3 is 14.1 Å². The van der Waals surface area contributed by atoms with Crippen molar-refractivity contribution in [3.8, 4) is 6.07 Å². The minimum Gasteiger partial charge on any atom is -0.450 e. The van der Waals surface area contributed by atoms with Crippen LogP contribution in [0.4, 0.5) is 0 Å². The zero-order chi connectivity index (χ0) is 16.8. The fourth-order valence-electron chi connectivity index (χ4n) is 2.29. The molecule has 0 radical (unpaired) electrons. The van der Waals surface area contributed by atoms with Crippen LogP contribution in [-0.2, 0) is 9.53 Å². The second kappa shape index (κ2) is 7.86. The molecule has 0 bridgehead atoms. The summed E-state index contributed by atoms with van der Waals surface area (Å²) in [6.45, 7) is 2.02. The lowest BCUT2D eigenvalue weighted by atomic mass is 10.2. The number of carbonyl (C=O) groups excluding carboxylic acids is 1. The maximum atomic E-state index is 12.4. The van der Waals surface area contributed by atoms with Crippen molar-refractivity contribution in [2.75, 3.05) is 26.3 Å². The molecule has 0 aliphatic carbocycles. The minimum absolute atomic E-state index is 0.0718. The van der Waals surface area contributed by atoms with Gasteiger partial charge in [0.05, 0.1) is 13.2 Å². The highest BCUT2D eigenvalue weighted by Gasteiger charge is 2.21. The molecule has 1 aliphatic rings. The standard InChI is InChI=1S/C18H16N2O3S/c19-13-14(18(21)20-8-10-22-11-9-20)12-15-6-7-17(23-15)24-16-4-2-1-3-5-16/h1-7,12H,8-11H2/b14-12-. The highest BCUT2D eigenvalue weighted by atomic mass is 32.2. The first-order chi connectivity index (χ1) is 11.8. The molecule has 1 aromatic carbocycles. The molecule has 1 aliphatic heterocycles. The summed E-state index contributed by atoms with van der Waals surface area (Å²) in [4.78, 5) is 15.1. The number of carbonyl (C=O) groups is 1. The monoisotopic (exact) mass is 340 g/mol. The number of furan rings is 1. The van der Waals surface area contributed by atoms with E-state index in [4.69, 9.17) is 9.15 Å². The Morgan fingerprint density at radius 3 is 2.62 bits per heavy atom. The molecule has 6 heteroatoms. The van der Waals surface area contributed by atoms with Crippen LogP contribution in [0.3, 0.4) is 0 Å². The normalized spacial score (nSPS) is 15.1. The number of benzene rings is 1. The smallest absolute Gasteiger partial charge is 0.264 e. The highest BCUT2D eigenvalue weighted by molar-refractivity contribution is 7.99. The largest absolute Gasteiger partial charge is 0.450 e. The van der Waals surface area contributed by atoms with Crippen molar-refractivity contribution in [2.45, 2.75) is 9.99 Å². The van der Waals surface area contributed by atoms with E-state index in [1.54, 1.807) is 11.0 Å². The van der Waals surface area contributed by atoms with Crippen molar-refractivity contribution >= 4 is 23.7 Å². The summed E-state index contributed by atoms with van der Waals surface area (Å²) in [7, 11) is 0. The van der Waals surface area contributed by atoms with E-state index in [-0.39, 0.29) is 11.5 Å². The van der Waals surface area contributed by atoms with E-state index in [9.17, 15) is 10.1 Å². The van der Waals surface area contributed by atoms with E-state index in [0.29, 0.717) is 37.2 Å². The van der Waals surface area contributed by atoms with Crippen LogP contribution < -0.4 is 0 Å². The molecule has 0 spiro atoms. The lowest BCUT2D eigenvalue weighted by Crippen LogP contribution is -2.41. The Balaban J connectivity index is 1.72. The van der Waals surface area contributed by atoms with Gasteiger partial charge in [0.25, 0.3) is 5.91 Å². The second-order valence-corrected chi connectivity index (χ2v) is 6.22. The summed E-state index contributed by atoms with van der Waals surface area (Å²) in [5.74, 6) is 0.209. The topological polar surface area (TPSA) is 66.5 Å². The van der Waals surface area contributed by atoms with Crippen molar-refractivity contribution in [1.29, 1.82) is 5.26 Å². The van der Waals surface area contributed by atoms with E-state index >= 15 is 0 Å². The molecule has 1 aromatic heterocycles. The number of hydrogen-bond donors (Lipinski definition) is 0. The molecule has 1 saturated heterocycles. The van der Waals surface area contributed by atoms with Crippen LogP contribution in [0.2, 0.25) is 0 Å². The van der Waals surface area contributed by atoms with Gasteiger partial charge in [0.2, 0.25) is 0 Å². The SMILES string of the molecule is N#C/C(=C/c1ccc(Sc2ccccc2)o1)C(=O)N1CCOCC1. The molecular formula is C18H16N2O3S. The Labute approximate surface area is 144 Å². The quantitative estimate of drug-likeness (QED) is 0.632. The number of morpholine rings is 1. The molecule has 1 fully saturated rings. The van der Waals surface area contributed by atoms with Gasteiger partial charge >= 0.3 is 0 Å². The van der Waals surface area contributed by atoms with Crippen molar-refractivity contribution in [3.63, 3.8) is 0 Å². The number of nitriles is 1. The molecule has 0 atom stereocenters. The summed E-state index contributed by atoms with van der Waals surface area (Å²) < 4.78 is 10.9. The second-order valence-electron chi connectivity index (χ2n) is 5.15. The Kier molecular flexibility index (Phi) is 5.36. The fraction of sp³-hybridized carbons (Fsp3) is 0.222. The predicted octanol–water partition coefficient (Wildman–Crippen LogP) is 3.20. The van der Waals surface area contributed by atoms with Crippen LogP contribution in [0.1, 0.15) is 5.76 Å². The molecule has 1 amide bonds. The average molecular weight is 340 g/mol. The van der Waals surface area contributed by atoms with Crippen LogP contribution in [0.25, 0.3) is 6.08 Å². The molecular weight excluding hydrogens is 324 g/mol.